The minimum atomic E-state index is -0.244. The molecule has 0 amide bonds. The van der Waals surface area contributed by atoms with Gasteiger partial charge in [0.05, 0.1) is 0 Å². The van der Waals surface area contributed by atoms with E-state index in [9.17, 15) is 4.39 Å². The number of nitrogens with one attached hydrogen (secondary N) is 1. The number of halogens is 2. The van der Waals surface area contributed by atoms with Crippen molar-refractivity contribution in [2.45, 2.75) is 13.0 Å². The van der Waals surface area contributed by atoms with Crippen LogP contribution in [0.2, 0.25) is 5.02 Å². The summed E-state index contributed by atoms with van der Waals surface area (Å²) in [6.07, 6.45) is 0.560. The molecular weight excluding hydrogens is 381 g/mol. The molecule has 28 heavy (non-hydrogen) atoms. The fourth-order valence-electron chi connectivity index (χ4n) is 2.68. The molecule has 1 N–H and O–H groups in total. The van der Waals surface area contributed by atoms with Gasteiger partial charge in [-0.1, -0.05) is 28.9 Å². The number of hydrogen-bond acceptors (Lipinski definition) is 4. The zero-order chi connectivity index (χ0) is 19.9. The highest BCUT2D eigenvalue weighted by molar-refractivity contribution is 6.30. The normalized spacial score (nSPS) is 11.5. The molecule has 0 bridgehead atoms. The van der Waals surface area contributed by atoms with Crippen LogP contribution in [0.5, 0.6) is 0 Å². The third kappa shape index (κ3) is 5.29. The van der Waals surface area contributed by atoms with Gasteiger partial charge >= 0.3 is 0 Å². The molecule has 0 aliphatic rings. The number of aromatic nitrogens is 2. The maximum absolute atomic E-state index is 13.0. The van der Waals surface area contributed by atoms with Crippen LogP contribution in [-0.4, -0.2) is 41.6 Å². The summed E-state index contributed by atoms with van der Waals surface area (Å²) >= 11 is 5.90. The highest BCUT2D eigenvalue weighted by atomic mass is 35.5. The lowest BCUT2D eigenvalue weighted by Crippen LogP contribution is -2.39. The molecule has 3 aromatic rings. The van der Waals surface area contributed by atoms with Crippen LogP contribution in [-0.2, 0) is 13.0 Å². The third-order valence-corrected chi connectivity index (χ3v) is 4.35. The summed E-state index contributed by atoms with van der Waals surface area (Å²) in [5, 5.41) is 7.93. The summed E-state index contributed by atoms with van der Waals surface area (Å²) in [5.41, 5.74) is 1.85. The van der Waals surface area contributed by atoms with Crippen molar-refractivity contribution in [2.24, 2.45) is 4.99 Å². The monoisotopic (exact) mass is 401 g/mol. The highest BCUT2D eigenvalue weighted by Crippen LogP contribution is 2.18. The molecule has 8 heteroatoms. The van der Waals surface area contributed by atoms with Crippen molar-refractivity contribution in [3.63, 3.8) is 0 Å². The molecule has 0 unspecified atom stereocenters. The Morgan fingerprint density at radius 1 is 1.18 bits per heavy atom. The molecule has 2 aromatic carbocycles. The van der Waals surface area contributed by atoms with Crippen molar-refractivity contribution < 1.29 is 8.91 Å². The molecule has 0 radical (unpaired) electrons. The van der Waals surface area contributed by atoms with E-state index >= 15 is 0 Å². The van der Waals surface area contributed by atoms with E-state index < -0.39 is 0 Å². The largest absolute Gasteiger partial charge is 0.356 e. The van der Waals surface area contributed by atoms with Crippen LogP contribution >= 0.6 is 11.6 Å². The van der Waals surface area contributed by atoms with Crippen molar-refractivity contribution in [2.75, 3.05) is 20.6 Å². The molecule has 0 atom stereocenters. The molecule has 0 aliphatic carbocycles. The minimum absolute atomic E-state index is 0.244. The van der Waals surface area contributed by atoms with E-state index in [2.05, 4.69) is 20.4 Å². The van der Waals surface area contributed by atoms with Gasteiger partial charge in [0.25, 0.3) is 0 Å². The summed E-state index contributed by atoms with van der Waals surface area (Å²) in [5.74, 6) is 1.55. The first-order chi connectivity index (χ1) is 13.5. The van der Waals surface area contributed by atoms with Crippen molar-refractivity contribution in [1.29, 1.82) is 0 Å². The Bertz CT molecular complexity index is 925. The summed E-state index contributed by atoms with van der Waals surface area (Å²) in [4.78, 5) is 10.6. The lowest BCUT2D eigenvalue weighted by atomic mass is 10.2. The topological polar surface area (TPSA) is 66.5 Å². The molecule has 0 saturated heterocycles. The Kier molecular flexibility index (Phi) is 6.60. The summed E-state index contributed by atoms with van der Waals surface area (Å²) in [7, 11) is 3.64. The second kappa shape index (κ2) is 9.32. The number of nitrogens with zero attached hydrogens (tertiary/aromatic N) is 4. The summed E-state index contributed by atoms with van der Waals surface area (Å²) in [6, 6.07) is 13.7. The molecule has 0 fully saturated rings. The molecule has 0 saturated carbocycles. The zero-order valence-corrected chi connectivity index (χ0v) is 16.4. The number of rotatable bonds is 6. The van der Waals surface area contributed by atoms with Crippen molar-refractivity contribution in [3.05, 3.63) is 70.8 Å². The van der Waals surface area contributed by atoms with Gasteiger partial charge in [-0.25, -0.2) is 4.39 Å². The Hall–Kier alpha value is -2.93. The molecule has 0 spiro atoms. The SMILES string of the molecule is CN=C(NCCc1nc(-c2ccc(Cl)cc2)no1)N(C)Cc1ccc(F)cc1. The highest BCUT2D eigenvalue weighted by Gasteiger charge is 2.10. The first-order valence-corrected chi connectivity index (χ1v) is 9.17. The second-order valence-corrected chi connectivity index (χ2v) is 6.66. The second-order valence-electron chi connectivity index (χ2n) is 6.23. The molecule has 6 nitrogen and oxygen atoms in total. The number of benzene rings is 2. The van der Waals surface area contributed by atoms with Gasteiger partial charge in [0.2, 0.25) is 11.7 Å². The van der Waals surface area contributed by atoms with E-state index in [-0.39, 0.29) is 5.82 Å². The molecule has 0 aliphatic heterocycles. The van der Waals surface area contributed by atoms with Crippen LogP contribution in [0.15, 0.2) is 58.0 Å². The van der Waals surface area contributed by atoms with Gasteiger partial charge in [-0.3, -0.25) is 4.99 Å². The van der Waals surface area contributed by atoms with E-state index in [1.54, 1.807) is 31.3 Å². The number of aliphatic imine (C=N–C) groups is 1. The average Bonchev–Trinajstić information content (AvgIpc) is 3.16. The number of hydrogen-bond donors (Lipinski definition) is 1. The smallest absolute Gasteiger partial charge is 0.228 e. The maximum atomic E-state index is 13.0. The van der Waals surface area contributed by atoms with Gasteiger partial charge in [-0.15, -0.1) is 0 Å². The fourth-order valence-corrected chi connectivity index (χ4v) is 2.80. The van der Waals surface area contributed by atoms with Crippen molar-refractivity contribution in [3.8, 4) is 11.4 Å². The Balaban J connectivity index is 1.51. The van der Waals surface area contributed by atoms with Crippen LogP contribution in [0, 0.1) is 5.82 Å². The minimum Gasteiger partial charge on any atom is -0.356 e. The van der Waals surface area contributed by atoms with Gasteiger partial charge < -0.3 is 14.7 Å². The van der Waals surface area contributed by atoms with E-state index in [1.165, 1.54) is 12.1 Å². The Morgan fingerprint density at radius 2 is 1.89 bits per heavy atom. The zero-order valence-electron chi connectivity index (χ0n) is 15.7. The Labute approximate surface area is 168 Å². The van der Waals surface area contributed by atoms with Crippen LogP contribution in [0.3, 0.4) is 0 Å². The van der Waals surface area contributed by atoms with E-state index in [0.717, 1.165) is 17.1 Å². The first-order valence-electron chi connectivity index (χ1n) is 8.80. The first kappa shape index (κ1) is 19.8. The third-order valence-electron chi connectivity index (χ3n) is 4.10. The van der Waals surface area contributed by atoms with Crippen molar-refractivity contribution in [1.82, 2.24) is 20.4 Å². The molecule has 1 aromatic heterocycles. The van der Waals surface area contributed by atoms with Gasteiger partial charge in [0.15, 0.2) is 5.96 Å². The van der Waals surface area contributed by atoms with E-state index in [0.29, 0.717) is 36.2 Å². The molecule has 1 heterocycles. The van der Waals surface area contributed by atoms with Gasteiger partial charge in [0, 0.05) is 44.2 Å². The maximum Gasteiger partial charge on any atom is 0.228 e. The van der Waals surface area contributed by atoms with Gasteiger partial charge in [0.1, 0.15) is 5.82 Å². The van der Waals surface area contributed by atoms with Gasteiger partial charge in [-0.05, 0) is 42.0 Å². The van der Waals surface area contributed by atoms with Crippen LogP contribution in [0.4, 0.5) is 4.39 Å². The molecule has 3 rings (SSSR count). The fraction of sp³-hybridized carbons (Fsp3) is 0.250. The average molecular weight is 402 g/mol. The lowest BCUT2D eigenvalue weighted by Gasteiger charge is -2.22. The van der Waals surface area contributed by atoms with Crippen LogP contribution in [0.1, 0.15) is 11.5 Å². The summed E-state index contributed by atoms with van der Waals surface area (Å²) < 4.78 is 18.3. The van der Waals surface area contributed by atoms with Crippen molar-refractivity contribution >= 4 is 17.6 Å². The van der Waals surface area contributed by atoms with Gasteiger partial charge in [-0.2, -0.15) is 4.98 Å². The van der Waals surface area contributed by atoms with E-state index in [1.807, 2.05) is 24.1 Å². The van der Waals surface area contributed by atoms with E-state index in [4.69, 9.17) is 16.1 Å². The Morgan fingerprint density at radius 3 is 2.57 bits per heavy atom. The predicted octanol–water partition coefficient (Wildman–Crippen LogP) is 3.78. The standard InChI is InChI=1S/C20H21ClFN5O/c1-23-20(27(2)13-14-3-9-17(22)10-4-14)24-12-11-18-25-19(26-28-18)15-5-7-16(21)8-6-15/h3-10H,11-13H2,1-2H3,(H,23,24). The lowest BCUT2D eigenvalue weighted by molar-refractivity contribution is 0.377. The van der Waals surface area contributed by atoms with Crippen LogP contribution < -0.4 is 5.32 Å². The van der Waals surface area contributed by atoms with Crippen LogP contribution in [0.25, 0.3) is 11.4 Å². The predicted molar refractivity (Wildman–Crippen MR) is 108 cm³/mol. The molecular formula is C20H21ClFN5O. The quantitative estimate of drug-likeness (QED) is 0.503. The molecule has 146 valence electrons. The number of guanidine groups is 1. The summed E-state index contributed by atoms with van der Waals surface area (Å²) in [6.45, 7) is 1.20.